The van der Waals surface area contributed by atoms with E-state index in [9.17, 15) is 9.59 Å². The molecule has 0 bridgehead atoms. The minimum atomic E-state index is -1.58. The van der Waals surface area contributed by atoms with Gasteiger partial charge in [-0.1, -0.05) is 199 Å². The molecule has 3 N–H and O–H groups in total. The molecule has 0 aliphatic rings. The molecule has 0 aliphatic heterocycles. The van der Waals surface area contributed by atoms with E-state index < -0.39 is 11.9 Å². The van der Waals surface area contributed by atoms with Crippen LogP contribution in [0.3, 0.4) is 0 Å². The van der Waals surface area contributed by atoms with Crippen molar-refractivity contribution in [1.82, 2.24) is 10.2 Å². The number of carboxylic acid groups (broad SMARTS) is 1. The smallest absolute Gasteiger partial charge is 0.394 e. The molecule has 276 valence electrons. The molecule has 0 unspecified atom stereocenters. The van der Waals surface area contributed by atoms with Crippen molar-refractivity contribution in [2.75, 3.05) is 13.1 Å². The van der Waals surface area contributed by atoms with E-state index in [1.807, 2.05) is 12.1 Å². The van der Waals surface area contributed by atoms with Gasteiger partial charge in [0.1, 0.15) is 5.84 Å². The molecular formula is C42H75N3O3. The lowest BCUT2D eigenvalue weighted by Gasteiger charge is -2.23. The van der Waals surface area contributed by atoms with E-state index in [0.717, 1.165) is 25.2 Å². The first kappa shape index (κ1) is 43.8. The van der Waals surface area contributed by atoms with Crippen molar-refractivity contribution in [3.8, 4) is 0 Å². The predicted molar refractivity (Wildman–Crippen MR) is 205 cm³/mol. The Morgan fingerprint density at radius 2 is 0.938 bits per heavy atom. The summed E-state index contributed by atoms with van der Waals surface area (Å²) in [6.45, 7) is 7.53. The second kappa shape index (κ2) is 32.0. The highest BCUT2D eigenvalue weighted by Crippen LogP contribution is 2.16. The number of nitrogens with one attached hydrogen (secondary N) is 2. The number of amides is 1. The average molecular weight is 670 g/mol. The first-order valence-electron chi connectivity index (χ1n) is 20.4. The van der Waals surface area contributed by atoms with Crippen LogP contribution in [0.1, 0.15) is 205 Å². The third-order valence-corrected chi connectivity index (χ3v) is 9.71. The standard InChI is InChI=1S/C42H75N3O3/c1-3-5-7-9-11-13-15-17-19-21-23-25-27-29-34-45(35-30-28-26-24-22-20-18-16-14-12-10-8-6-4-2)37-38-32-31-33-39(36-38)40(43)44-41(46)42(47)48/h31-33,36H,3-30,34-35,37H2,1-2H3,(H,47,48)(H2,43,44,46). The molecule has 0 aromatic heterocycles. The average Bonchev–Trinajstić information content (AvgIpc) is 3.08. The molecule has 0 radical (unpaired) electrons. The van der Waals surface area contributed by atoms with Crippen molar-refractivity contribution in [3.05, 3.63) is 35.4 Å². The quantitative estimate of drug-likeness (QED) is 0.0300. The van der Waals surface area contributed by atoms with Gasteiger partial charge in [-0.2, -0.15) is 0 Å². The molecular weight excluding hydrogens is 594 g/mol. The first-order chi connectivity index (χ1) is 23.5. The largest absolute Gasteiger partial charge is 0.474 e. The molecule has 6 nitrogen and oxygen atoms in total. The maximum absolute atomic E-state index is 11.6. The minimum absolute atomic E-state index is 0.172. The summed E-state index contributed by atoms with van der Waals surface area (Å²) in [6, 6.07) is 7.62. The molecule has 6 heteroatoms. The van der Waals surface area contributed by atoms with Crippen molar-refractivity contribution < 1.29 is 14.7 Å². The van der Waals surface area contributed by atoms with E-state index in [4.69, 9.17) is 10.5 Å². The molecule has 1 aromatic rings. The summed E-state index contributed by atoms with van der Waals surface area (Å²) in [5.41, 5.74) is 1.63. The van der Waals surface area contributed by atoms with Gasteiger partial charge in [-0.15, -0.1) is 0 Å². The minimum Gasteiger partial charge on any atom is -0.474 e. The predicted octanol–water partition coefficient (Wildman–Crippen LogP) is 12.0. The van der Waals surface area contributed by atoms with Crippen LogP contribution in [0.5, 0.6) is 0 Å². The van der Waals surface area contributed by atoms with Gasteiger partial charge in [-0.3, -0.25) is 15.1 Å². The third-order valence-electron chi connectivity index (χ3n) is 9.71. The summed E-state index contributed by atoms with van der Waals surface area (Å²) in [6.07, 6.45) is 38.2. The van der Waals surface area contributed by atoms with Gasteiger partial charge >= 0.3 is 11.9 Å². The van der Waals surface area contributed by atoms with Crippen LogP contribution < -0.4 is 5.32 Å². The molecule has 0 aliphatic carbocycles. The van der Waals surface area contributed by atoms with Gasteiger partial charge in [0.05, 0.1) is 0 Å². The van der Waals surface area contributed by atoms with E-state index in [1.165, 1.54) is 180 Å². The molecule has 1 rings (SSSR count). The lowest BCUT2D eigenvalue weighted by atomic mass is 10.0. The Labute approximate surface area is 296 Å². The zero-order valence-electron chi connectivity index (χ0n) is 31.4. The van der Waals surface area contributed by atoms with Crippen molar-refractivity contribution in [2.24, 2.45) is 0 Å². The Morgan fingerprint density at radius 1 is 0.583 bits per heavy atom. The third kappa shape index (κ3) is 25.8. The van der Waals surface area contributed by atoms with Gasteiger partial charge in [-0.25, -0.2) is 4.79 Å². The molecule has 0 atom stereocenters. The number of unbranched alkanes of at least 4 members (excludes halogenated alkanes) is 26. The zero-order valence-corrected chi connectivity index (χ0v) is 31.4. The van der Waals surface area contributed by atoms with Crippen LogP contribution in [-0.2, 0) is 16.1 Å². The highest BCUT2D eigenvalue weighted by Gasteiger charge is 2.14. The van der Waals surface area contributed by atoms with Crippen LogP contribution in [0.25, 0.3) is 0 Å². The Bertz CT molecular complexity index is 902. The number of rotatable bonds is 33. The molecule has 0 saturated heterocycles. The summed E-state index contributed by atoms with van der Waals surface area (Å²) in [5, 5.41) is 19.2. The lowest BCUT2D eigenvalue weighted by molar-refractivity contribution is -0.149. The molecule has 1 amide bonds. The van der Waals surface area contributed by atoms with E-state index in [0.29, 0.717) is 5.56 Å². The van der Waals surface area contributed by atoms with E-state index in [-0.39, 0.29) is 5.84 Å². The fourth-order valence-corrected chi connectivity index (χ4v) is 6.65. The lowest BCUT2D eigenvalue weighted by Crippen LogP contribution is -2.35. The van der Waals surface area contributed by atoms with Crippen LogP contribution >= 0.6 is 0 Å². The molecule has 0 saturated carbocycles. The maximum Gasteiger partial charge on any atom is 0.394 e. The van der Waals surface area contributed by atoms with Gasteiger partial charge in [0.2, 0.25) is 0 Å². The summed E-state index contributed by atoms with van der Waals surface area (Å²) in [4.78, 5) is 25.0. The number of amidine groups is 1. The summed E-state index contributed by atoms with van der Waals surface area (Å²) in [5.74, 6) is -2.93. The molecule has 1 aromatic carbocycles. The zero-order chi connectivity index (χ0) is 34.9. The molecule has 0 fully saturated rings. The van der Waals surface area contributed by atoms with Crippen molar-refractivity contribution in [1.29, 1.82) is 5.41 Å². The highest BCUT2D eigenvalue weighted by atomic mass is 16.4. The van der Waals surface area contributed by atoms with Gasteiger partial charge in [0.15, 0.2) is 0 Å². The topological polar surface area (TPSA) is 93.5 Å². The number of benzene rings is 1. The van der Waals surface area contributed by atoms with Crippen molar-refractivity contribution >= 4 is 17.7 Å². The fraction of sp³-hybridized carbons (Fsp3) is 0.786. The number of hydrogen-bond acceptors (Lipinski definition) is 4. The Morgan fingerprint density at radius 3 is 1.29 bits per heavy atom. The van der Waals surface area contributed by atoms with Gasteiger partial charge in [0, 0.05) is 12.1 Å². The van der Waals surface area contributed by atoms with Crippen LogP contribution in [0.2, 0.25) is 0 Å². The number of hydrogen-bond donors (Lipinski definition) is 3. The number of carbonyl (C=O) groups is 2. The number of carbonyl (C=O) groups excluding carboxylic acids is 1. The second-order valence-corrected chi connectivity index (χ2v) is 14.3. The van der Waals surface area contributed by atoms with Crippen molar-refractivity contribution in [3.63, 3.8) is 0 Å². The van der Waals surface area contributed by atoms with E-state index in [1.54, 1.807) is 6.07 Å². The highest BCUT2D eigenvalue weighted by molar-refractivity contribution is 6.35. The Balaban J connectivity index is 2.37. The maximum atomic E-state index is 11.6. The van der Waals surface area contributed by atoms with Crippen LogP contribution in [0.4, 0.5) is 0 Å². The Hall–Kier alpha value is -2.21. The van der Waals surface area contributed by atoms with Crippen LogP contribution in [-0.4, -0.2) is 40.8 Å². The summed E-state index contributed by atoms with van der Waals surface area (Å²) < 4.78 is 0. The van der Waals surface area contributed by atoms with Gasteiger partial charge < -0.3 is 10.4 Å². The summed E-state index contributed by atoms with van der Waals surface area (Å²) in [7, 11) is 0. The van der Waals surface area contributed by atoms with Gasteiger partial charge in [0.25, 0.3) is 0 Å². The fourth-order valence-electron chi connectivity index (χ4n) is 6.65. The summed E-state index contributed by atoms with van der Waals surface area (Å²) >= 11 is 0. The monoisotopic (exact) mass is 670 g/mol. The second-order valence-electron chi connectivity index (χ2n) is 14.3. The van der Waals surface area contributed by atoms with E-state index in [2.05, 4.69) is 30.1 Å². The van der Waals surface area contributed by atoms with Gasteiger partial charge in [-0.05, 0) is 37.6 Å². The number of aliphatic carboxylic acids is 1. The van der Waals surface area contributed by atoms with Crippen LogP contribution in [0.15, 0.2) is 24.3 Å². The SMILES string of the molecule is CCCCCCCCCCCCCCCCN(CCCCCCCCCCCCCCCC)Cc1cccc(C(=N)NC(=O)C(=O)O)c1. The number of carboxylic acids is 1. The van der Waals surface area contributed by atoms with E-state index >= 15 is 0 Å². The molecule has 0 heterocycles. The van der Waals surface area contributed by atoms with Crippen LogP contribution in [0, 0.1) is 5.41 Å². The molecule has 0 spiro atoms. The molecule has 48 heavy (non-hydrogen) atoms. The number of nitrogens with zero attached hydrogens (tertiary/aromatic N) is 1. The normalized spacial score (nSPS) is 11.3. The first-order valence-corrected chi connectivity index (χ1v) is 20.4. The Kier molecular flexibility index (Phi) is 29.2. The van der Waals surface area contributed by atoms with Crippen molar-refractivity contribution in [2.45, 2.75) is 200 Å².